The molecule has 10 heteroatoms. The van der Waals surface area contributed by atoms with Crippen LogP contribution >= 0.6 is 0 Å². The molecule has 7 rings (SSSR count). The van der Waals surface area contributed by atoms with Crippen molar-refractivity contribution in [2.75, 3.05) is 13.1 Å². The van der Waals surface area contributed by atoms with Gasteiger partial charge in [0.2, 0.25) is 5.91 Å². The van der Waals surface area contributed by atoms with Crippen molar-refractivity contribution in [1.82, 2.24) is 24.8 Å². The van der Waals surface area contributed by atoms with E-state index in [9.17, 15) is 19.5 Å². The monoisotopic (exact) mass is 593 g/mol. The van der Waals surface area contributed by atoms with Crippen LogP contribution in [0.3, 0.4) is 0 Å². The number of aryl methyl sites for hydroxylation is 1. The summed E-state index contributed by atoms with van der Waals surface area (Å²) in [6.07, 6.45) is 3.33. The van der Waals surface area contributed by atoms with Crippen molar-refractivity contribution in [3.63, 3.8) is 0 Å². The molecule has 0 saturated heterocycles. The summed E-state index contributed by atoms with van der Waals surface area (Å²) in [7, 11) is 1.85. The van der Waals surface area contributed by atoms with E-state index in [4.69, 9.17) is 4.74 Å². The number of carbonyl (C=O) groups excluding carboxylic acids is 2. The largest absolute Gasteiger partial charge is 0.489 e. The summed E-state index contributed by atoms with van der Waals surface area (Å²) in [5.41, 5.74) is 6.26. The zero-order valence-corrected chi connectivity index (χ0v) is 24.7. The maximum absolute atomic E-state index is 14.3. The molecule has 1 saturated carbocycles. The number of amides is 2. The van der Waals surface area contributed by atoms with Gasteiger partial charge in [-0.1, -0.05) is 54.5 Å². The lowest BCUT2D eigenvalue weighted by atomic mass is 9.77. The molecule has 3 aromatic carbocycles. The third kappa shape index (κ3) is 4.98. The van der Waals surface area contributed by atoms with Crippen molar-refractivity contribution in [3.8, 4) is 5.75 Å². The van der Waals surface area contributed by atoms with Crippen LogP contribution in [0.5, 0.6) is 5.75 Å². The number of aliphatic carboxylic acids is 1. The molecule has 2 aliphatic heterocycles. The van der Waals surface area contributed by atoms with Crippen molar-refractivity contribution in [3.05, 3.63) is 88.5 Å². The zero-order chi connectivity index (χ0) is 30.4. The molecule has 1 N–H and O–H groups in total. The van der Waals surface area contributed by atoms with E-state index in [-0.39, 0.29) is 11.8 Å². The number of carbonyl (C=O) groups is 3. The highest BCUT2D eigenvalue weighted by molar-refractivity contribution is 5.98. The summed E-state index contributed by atoms with van der Waals surface area (Å²) in [5.74, 6) is -1.73. The summed E-state index contributed by atoms with van der Waals surface area (Å²) in [6, 6.07) is 19.0. The Morgan fingerprint density at radius 1 is 1.00 bits per heavy atom. The van der Waals surface area contributed by atoms with E-state index in [2.05, 4.69) is 16.4 Å². The van der Waals surface area contributed by atoms with Crippen LogP contribution in [0, 0.1) is 11.8 Å². The lowest BCUT2D eigenvalue weighted by molar-refractivity contribution is -0.153. The molecule has 0 bridgehead atoms. The molecule has 4 aromatic rings. The van der Waals surface area contributed by atoms with Gasteiger partial charge in [0.05, 0.1) is 23.4 Å². The molecule has 10 nitrogen and oxygen atoms in total. The smallest absolute Gasteiger partial charge is 0.307 e. The second kappa shape index (κ2) is 11.4. The molecule has 3 heterocycles. The van der Waals surface area contributed by atoms with Crippen LogP contribution in [-0.2, 0) is 36.2 Å². The molecule has 1 aromatic heterocycles. The van der Waals surface area contributed by atoms with E-state index in [1.165, 1.54) is 0 Å². The molecule has 1 fully saturated rings. The predicted molar refractivity (Wildman–Crippen MR) is 162 cm³/mol. The van der Waals surface area contributed by atoms with E-state index in [0.29, 0.717) is 56.8 Å². The molecule has 3 aliphatic rings. The Labute approximate surface area is 255 Å². The Bertz CT molecular complexity index is 1770. The number of carboxylic acid groups (broad SMARTS) is 1. The quantitative estimate of drug-likeness (QED) is 0.335. The van der Waals surface area contributed by atoms with Crippen LogP contribution in [0.4, 0.5) is 0 Å². The second-order valence-electron chi connectivity index (χ2n) is 12.1. The Balaban J connectivity index is 1.23. The summed E-state index contributed by atoms with van der Waals surface area (Å²) in [5, 5.41) is 18.3. The molecule has 226 valence electrons. The molecular weight excluding hydrogens is 558 g/mol. The van der Waals surface area contributed by atoms with E-state index >= 15 is 0 Å². The van der Waals surface area contributed by atoms with Gasteiger partial charge in [-0.15, -0.1) is 5.10 Å². The first-order chi connectivity index (χ1) is 21.4. The number of ether oxygens (including phenoxy) is 1. The number of benzene rings is 3. The van der Waals surface area contributed by atoms with E-state index in [1.807, 2.05) is 66.5 Å². The molecule has 0 radical (unpaired) electrons. The van der Waals surface area contributed by atoms with Gasteiger partial charge in [-0.05, 0) is 60.2 Å². The van der Waals surface area contributed by atoms with E-state index in [0.717, 1.165) is 46.1 Å². The zero-order valence-electron chi connectivity index (χ0n) is 24.7. The number of aromatic nitrogens is 3. The average molecular weight is 594 g/mol. The first-order valence-corrected chi connectivity index (χ1v) is 15.3. The SMILES string of the molecule is Cn1nnc2cc(COc3cccc4c3[C@@H](CN3Cc5ccccc5C3=O)N(C(=O)[C@@H]3CCCC[C@@H]3C(=O)O)CC4)ccc21. The van der Waals surface area contributed by atoms with Crippen LogP contribution in [0.2, 0.25) is 0 Å². The fraction of sp³-hybridized carbons (Fsp3) is 0.382. The fourth-order valence-electron chi connectivity index (χ4n) is 7.26. The van der Waals surface area contributed by atoms with E-state index < -0.39 is 23.8 Å². The normalized spacial score (nSPS) is 21.3. The number of nitrogens with zero attached hydrogens (tertiary/aromatic N) is 5. The van der Waals surface area contributed by atoms with Gasteiger partial charge in [-0.25, -0.2) is 4.68 Å². The third-order valence-electron chi connectivity index (χ3n) is 9.53. The highest BCUT2D eigenvalue weighted by atomic mass is 16.5. The molecule has 3 atom stereocenters. The summed E-state index contributed by atoms with van der Waals surface area (Å²) in [6.45, 7) is 1.51. The van der Waals surface area contributed by atoms with Gasteiger partial charge in [0.15, 0.2) is 0 Å². The van der Waals surface area contributed by atoms with Gasteiger partial charge in [-0.3, -0.25) is 14.4 Å². The minimum atomic E-state index is -0.911. The Morgan fingerprint density at radius 3 is 2.61 bits per heavy atom. The molecule has 0 unspecified atom stereocenters. The van der Waals surface area contributed by atoms with Crippen molar-refractivity contribution in [1.29, 1.82) is 0 Å². The van der Waals surface area contributed by atoms with Gasteiger partial charge < -0.3 is 19.6 Å². The van der Waals surface area contributed by atoms with Crippen molar-refractivity contribution < 1.29 is 24.2 Å². The Hall–Kier alpha value is -4.73. The Kier molecular flexibility index (Phi) is 7.27. The van der Waals surface area contributed by atoms with Crippen LogP contribution in [0.25, 0.3) is 11.0 Å². The summed E-state index contributed by atoms with van der Waals surface area (Å²) >= 11 is 0. The summed E-state index contributed by atoms with van der Waals surface area (Å²) < 4.78 is 8.20. The molecular formula is C34H35N5O5. The highest BCUT2D eigenvalue weighted by Gasteiger charge is 2.43. The highest BCUT2D eigenvalue weighted by Crippen LogP contribution is 2.41. The van der Waals surface area contributed by atoms with Crippen molar-refractivity contribution >= 4 is 28.8 Å². The van der Waals surface area contributed by atoms with Gasteiger partial charge in [0.25, 0.3) is 5.91 Å². The summed E-state index contributed by atoms with van der Waals surface area (Å²) in [4.78, 5) is 43.6. The first kappa shape index (κ1) is 28.1. The lowest BCUT2D eigenvalue weighted by Crippen LogP contribution is -2.49. The molecule has 0 spiro atoms. The average Bonchev–Trinajstić information content (AvgIpc) is 3.57. The number of hydrogen-bond acceptors (Lipinski definition) is 6. The van der Waals surface area contributed by atoms with Crippen molar-refractivity contribution in [2.45, 2.75) is 51.3 Å². The van der Waals surface area contributed by atoms with Crippen LogP contribution in [0.1, 0.15) is 64.3 Å². The molecule has 1 aliphatic carbocycles. The predicted octanol–water partition coefficient (Wildman–Crippen LogP) is 4.52. The number of fused-ring (bicyclic) bond motifs is 3. The maximum Gasteiger partial charge on any atom is 0.307 e. The molecule has 44 heavy (non-hydrogen) atoms. The fourth-order valence-corrected chi connectivity index (χ4v) is 7.26. The van der Waals surface area contributed by atoms with Crippen molar-refractivity contribution in [2.24, 2.45) is 18.9 Å². The topological polar surface area (TPSA) is 118 Å². The van der Waals surface area contributed by atoms with Gasteiger partial charge in [0.1, 0.15) is 17.9 Å². The van der Waals surface area contributed by atoms with Gasteiger partial charge >= 0.3 is 5.97 Å². The van der Waals surface area contributed by atoms with Crippen LogP contribution < -0.4 is 4.74 Å². The first-order valence-electron chi connectivity index (χ1n) is 15.3. The minimum Gasteiger partial charge on any atom is -0.489 e. The standard InChI is InChI=1S/C34H35N5O5/c1-37-28-14-13-21(17-27(28)35-36-37)20-44-30-12-6-8-22-15-16-39(33(41)25-10-4-5-11-26(25)34(42)43)29(31(22)30)19-38-18-23-7-2-3-9-24(23)32(38)40/h2-3,6-9,12-14,17,25-26,29H,4-5,10-11,15-16,18-20H2,1H3,(H,42,43)/t25-,26+,29-/m1/s1. The minimum absolute atomic E-state index is 0.0585. The lowest BCUT2D eigenvalue weighted by Gasteiger charge is -2.42. The van der Waals surface area contributed by atoms with Crippen LogP contribution in [0.15, 0.2) is 60.7 Å². The maximum atomic E-state index is 14.3. The molecule has 2 amide bonds. The number of hydrogen-bond donors (Lipinski definition) is 1. The number of rotatable bonds is 7. The second-order valence-corrected chi connectivity index (χ2v) is 12.1. The van der Waals surface area contributed by atoms with Crippen LogP contribution in [-0.4, -0.2) is 60.8 Å². The number of carboxylic acids is 1. The Morgan fingerprint density at radius 2 is 1.80 bits per heavy atom. The van der Waals surface area contributed by atoms with E-state index in [1.54, 1.807) is 9.58 Å². The third-order valence-corrected chi connectivity index (χ3v) is 9.53. The van der Waals surface area contributed by atoms with Gasteiger partial charge in [0, 0.05) is 37.8 Å². The van der Waals surface area contributed by atoms with Gasteiger partial charge in [-0.2, -0.15) is 0 Å².